The van der Waals surface area contributed by atoms with Crippen molar-refractivity contribution in [2.75, 3.05) is 5.75 Å². The Morgan fingerprint density at radius 1 is 1.29 bits per heavy atom. The minimum absolute atomic E-state index is 0.133. The van der Waals surface area contributed by atoms with Crippen LogP contribution in [0.5, 0.6) is 0 Å². The van der Waals surface area contributed by atoms with Gasteiger partial charge in [-0.15, -0.1) is 0 Å². The lowest BCUT2D eigenvalue weighted by Gasteiger charge is -2.06. The highest BCUT2D eigenvalue weighted by atomic mass is 32.2. The molecule has 3 nitrogen and oxygen atoms in total. The molecule has 0 heterocycles. The van der Waals surface area contributed by atoms with Gasteiger partial charge in [0.2, 0.25) is 0 Å². The highest BCUT2D eigenvalue weighted by Gasteiger charge is 2.06. The first kappa shape index (κ1) is 13.9. The molecule has 0 saturated heterocycles. The number of benzene rings is 1. The van der Waals surface area contributed by atoms with Crippen molar-refractivity contribution in [2.24, 2.45) is 5.92 Å². The average Bonchev–Trinajstić information content (AvgIpc) is 2.26. The number of hydrogen-bond acceptors (Lipinski definition) is 2. The summed E-state index contributed by atoms with van der Waals surface area (Å²) in [5, 5.41) is 8.57. The molecule has 0 radical (unpaired) electrons. The normalized spacial score (nSPS) is 12.6. The standard InChI is InChI=1S/C13H18O3S/c1-10(2)9-17(16)12-6-3-11(4-7-12)5-8-13(14)15/h3-4,6-7,10H,5,8-9H2,1-2H3,(H,14,15). The van der Waals surface area contributed by atoms with Gasteiger partial charge in [-0.3, -0.25) is 9.00 Å². The van der Waals surface area contributed by atoms with Crippen molar-refractivity contribution in [2.45, 2.75) is 31.6 Å². The molecule has 0 aliphatic rings. The molecule has 4 heteroatoms. The van der Waals surface area contributed by atoms with E-state index in [1.165, 1.54) is 0 Å². The Hall–Kier alpha value is -1.16. The predicted octanol–water partition coefficient (Wildman–Crippen LogP) is 2.47. The van der Waals surface area contributed by atoms with E-state index in [1.54, 1.807) is 0 Å². The van der Waals surface area contributed by atoms with Gasteiger partial charge < -0.3 is 5.11 Å². The summed E-state index contributed by atoms with van der Waals surface area (Å²) in [5.41, 5.74) is 0.970. The van der Waals surface area contributed by atoms with Crippen LogP contribution in [-0.2, 0) is 22.0 Å². The zero-order valence-electron chi connectivity index (χ0n) is 10.2. The summed E-state index contributed by atoms with van der Waals surface area (Å²) in [4.78, 5) is 11.2. The Morgan fingerprint density at radius 2 is 1.88 bits per heavy atom. The summed E-state index contributed by atoms with van der Waals surface area (Å²) < 4.78 is 11.8. The number of carboxylic acid groups (broad SMARTS) is 1. The quantitative estimate of drug-likeness (QED) is 0.848. The van der Waals surface area contributed by atoms with E-state index in [0.29, 0.717) is 18.1 Å². The first-order valence-electron chi connectivity index (χ1n) is 5.68. The molecule has 0 saturated carbocycles. The highest BCUT2D eigenvalue weighted by molar-refractivity contribution is 7.85. The molecule has 1 aromatic carbocycles. The number of carboxylic acids is 1. The number of hydrogen-bond donors (Lipinski definition) is 1. The van der Waals surface area contributed by atoms with Crippen molar-refractivity contribution in [3.05, 3.63) is 29.8 Å². The van der Waals surface area contributed by atoms with E-state index in [2.05, 4.69) is 0 Å². The van der Waals surface area contributed by atoms with E-state index in [0.717, 1.165) is 10.5 Å². The number of aryl methyl sites for hydroxylation is 1. The maximum absolute atomic E-state index is 11.8. The highest BCUT2D eigenvalue weighted by Crippen LogP contribution is 2.12. The molecular weight excluding hydrogens is 236 g/mol. The lowest BCUT2D eigenvalue weighted by atomic mass is 10.1. The van der Waals surface area contributed by atoms with Crippen molar-refractivity contribution in [1.82, 2.24) is 0 Å². The molecule has 0 fully saturated rings. The molecule has 1 aromatic rings. The van der Waals surface area contributed by atoms with Crippen LogP contribution in [-0.4, -0.2) is 21.0 Å². The zero-order valence-corrected chi connectivity index (χ0v) is 11.0. The van der Waals surface area contributed by atoms with Crippen LogP contribution >= 0.6 is 0 Å². The fourth-order valence-corrected chi connectivity index (χ4v) is 2.70. The monoisotopic (exact) mass is 254 g/mol. The van der Waals surface area contributed by atoms with Gasteiger partial charge >= 0.3 is 5.97 Å². The van der Waals surface area contributed by atoms with Gasteiger partial charge in [-0.2, -0.15) is 0 Å². The van der Waals surface area contributed by atoms with Crippen LogP contribution in [0.1, 0.15) is 25.8 Å². The van der Waals surface area contributed by atoms with Gasteiger partial charge in [-0.05, 0) is 30.0 Å². The van der Waals surface area contributed by atoms with Crippen LogP contribution in [0.3, 0.4) is 0 Å². The summed E-state index contributed by atoms with van der Waals surface area (Å²) in [7, 11) is -0.951. The zero-order chi connectivity index (χ0) is 12.8. The molecule has 0 amide bonds. The Morgan fingerprint density at radius 3 is 2.35 bits per heavy atom. The fourth-order valence-electron chi connectivity index (χ4n) is 1.46. The van der Waals surface area contributed by atoms with Gasteiger partial charge in [0, 0.05) is 17.1 Å². The summed E-state index contributed by atoms with van der Waals surface area (Å²) in [6.45, 7) is 4.08. The van der Waals surface area contributed by atoms with Gasteiger partial charge in [0.1, 0.15) is 0 Å². The van der Waals surface area contributed by atoms with Crippen LogP contribution in [0.4, 0.5) is 0 Å². The Kier molecular flexibility index (Phi) is 5.35. The van der Waals surface area contributed by atoms with Crippen LogP contribution in [0.15, 0.2) is 29.2 Å². The smallest absolute Gasteiger partial charge is 0.303 e. The third-order valence-electron chi connectivity index (χ3n) is 2.30. The van der Waals surface area contributed by atoms with E-state index in [9.17, 15) is 9.00 Å². The molecule has 0 spiro atoms. The van der Waals surface area contributed by atoms with E-state index >= 15 is 0 Å². The average molecular weight is 254 g/mol. The summed E-state index contributed by atoms with van der Waals surface area (Å²) in [5.74, 6) is 0.272. The van der Waals surface area contributed by atoms with E-state index in [-0.39, 0.29) is 6.42 Å². The first-order chi connectivity index (χ1) is 7.99. The van der Waals surface area contributed by atoms with E-state index < -0.39 is 16.8 Å². The Labute approximate surface area is 104 Å². The van der Waals surface area contributed by atoms with Crippen molar-refractivity contribution < 1.29 is 14.1 Å². The third-order valence-corrected chi connectivity index (χ3v) is 4.07. The molecule has 1 unspecified atom stereocenters. The largest absolute Gasteiger partial charge is 0.481 e. The maximum Gasteiger partial charge on any atom is 0.303 e. The molecule has 0 bridgehead atoms. The van der Waals surface area contributed by atoms with Crippen molar-refractivity contribution in [1.29, 1.82) is 0 Å². The molecular formula is C13H18O3S. The summed E-state index contributed by atoms with van der Waals surface area (Å²) >= 11 is 0. The predicted molar refractivity (Wildman–Crippen MR) is 68.5 cm³/mol. The molecule has 1 N–H and O–H groups in total. The van der Waals surface area contributed by atoms with Crippen molar-refractivity contribution in [3.8, 4) is 0 Å². The number of rotatable bonds is 6. The minimum atomic E-state index is -0.951. The lowest BCUT2D eigenvalue weighted by molar-refractivity contribution is -0.136. The molecule has 1 atom stereocenters. The lowest BCUT2D eigenvalue weighted by Crippen LogP contribution is -2.04. The Balaban J connectivity index is 2.61. The molecule has 0 aliphatic carbocycles. The minimum Gasteiger partial charge on any atom is -0.481 e. The van der Waals surface area contributed by atoms with E-state index in [4.69, 9.17) is 5.11 Å². The number of aliphatic carboxylic acids is 1. The topological polar surface area (TPSA) is 54.4 Å². The molecule has 0 aromatic heterocycles. The Bertz CT molecular complexity index is 396. The SMILES string of the molecule is CC(C)CS(=O)c1ccc(CCC(=O)O)cc1. The van der Waals surface area contributed by atoms with Crippen molar-refractivity contribution in [3.63, 3.8) is 0 Å². The van der Waals surface area contributed by atoms with Crippen molar-refractivity contribution >= 4 is 16.8 Å². The second-order valence-corrected chi connectivity index (χ2v) is 5.94. The second kappa shape index (κ2) is 6.55. The fraction of sp³-hybridized carbons (Fsp3) is 0.462. The molecule has 94 valence electrons. The molecule has 17 heavy (non-hydrogen) atoms. The summed E-state index contributed by atoms with van der Waals surface area (Å²) in [6.07, 6.45) is 0.654. The maximum atomic E-state index is 11.8. The van der Waals surface area contributed by atoms with Gasteiger partial charge in [-0.1, -0.05) is 26.0 Å². The first-order valence-corrected chi connectivity index (χ1v) is 7.00. The van der Waals surface area contributed by atoms with Gasteiger partial charge in [0.15, 0.2) is 0 Å². The second-order valence-electron chi connectivity index (χ2n) is 4.44. The number of carbonyl (C=O) groups is 1. The van der Waals surface area contributed by atoms with Gasteiger partial charge in [0.25, 0.3) is 0 Å². The molecule has 0 aliphatic heterocycles. The van der Waals surface area contributed by atoms with Crippen LogP contribution in [0.2, 0.25) is 0 Å². The van der Waals surface area contributed by atoms with Gasteiger partial charge in [-0.25, -0.2) is 0 Å². The third kappa shape index (κ3) is 5.13. The molecule has 1 rings (SSSR count). The van der Waals surface area contributed by atoms with Crippen LogP contribution in [0.25, 0.3) is 0 Å². The van der Waals surface area contributed by atoms with E-state index in [1.807, 2.05) is 38.1 Å². The van der Waals surface area contributed by atoms with Crippen LogP contribution < -0.4 is 0 Å². The summed E-state index contributed by atoms with van der Waals surface area (Å²) in [6, 6.07) is 7.37. The van der Waals surface area contributed by atoms with Gasteiger partial charge in [0.05, 0.1) is 10.8 Å². The van der Waals surface area contributed by atoms with Crippen LogP contribution in [0, 0.1) is 5.92 Å².